The SMILES string of the molecule is O=C(CN1CCCC(Cn2cncn2)C1)Nc1ccncc1. The Kier molecular flexibility index (Phi) is 4.75. The van der Waals surface area contributed by atoms with E-state index in [0.29, 0.717) is 12.5 Å². The molecule has 2 aromatic heterocycles. The van der Waals surface area contributed by atoms with Crippen molar-refractivity contribution in [1.82, 2.24) is 24.6 Å². The van der Waals surface area contributed by atoms with Crippen LogP contribution in [-0.2, 0) is 11.3 Å². The minimum atomic E-state index is 0.0209. The van der Waals surface area contributed by atoms with Crippen LogP contribution in [0.1, 0.15) is 12.8 Å². The van der Waals surface area contributed by atoms with Gasteiger partial charge in [0, 0.05) is 31.2 Å². The van der Waals surface area contributed by atoms with E-state index in [2.05, 4.69) is 25.3 Å². The van der Waals surface area contributed by atoms with Gasteiger partial charge in [-0.05, 0) is 37.4 Å². The number of carbonyl (C=O) groups excluding carboxylic acids is 1. The summed E-state index contributed by atoms with van der Waals surface area (Å²) in [5, 5.41) is 7.06. The van der Waals surface area contributed by atoms with Crippen molar-refractivity contribution in [3.8, 4) is 0 Å². The van der Waals surface area contributed by atoms with Crippen LogP contribution in [0.2, 0.25) is 0 Å². The number of nitrogens with one attached hydrogen (secondary N) is 1. The minimum absolute atomic E-state index is 0.0209. The zero-order chi connectivity index (χ0) is 15.2. The van der Waals surface area contributed by atoms with Gasteiger partial charge in [0.1, 0.15) is 12.7 Å². The summed E-state index contributed by atoms with van der Waals surface area (Å²) < 4.78 is 1.87. The zero-order valence-electron chi connectivity index (χ0n) is 12.4. The molecule has 7 nitrogen and oxygen atoms in total. The lowest BCUT2D eigenvalue weighted by Crippen LogP contribution is -2.41. The number of hydrogen-bond donors (Lipinski definition) is 1. The Hall–Kier alpha value is -2.28. The Bertz CT molecular complexity index is 585. The first-order valence-corrected chi connectivity index (χ1v) is 7.54. The first kappa shape index (κ1) is 14.6. The summed E-state index contributed by atoms with van der Waals surface area (Å²) in [4.78, 5) is 22.2. The van der Waals surface area contributed by atoms with Gasteiger partial charge in [0.05, 0.1) is 6.54 Å². The molecule has 0 radical (unpaired) electrons. The largest absolute Gasteiger partial charge is 0.325 e. The first-order chi connectivity index (χ1) is 10.8. The number of amides is 1. The highest BCUT2D eigenvalue weighted by atomic mass is 16.2. The Labute approximate surface area is 129 Å². The topological polar surface area (TPSA) is 75.9 Å². The molecule has 1 amide bonds. The fraction of sp³-hybridized carbons (Fsp3) is 0.467. The molecule has 3 heterocycles. The highest BCUT2D eigenvalue weighted by Gasteiger charge is 2.22. The molecular formula is C15H20N6O. The molecule has 1 saturated heterocycles. The average molecular weight is 300 g/mol. The second-order valence-corrected chi connectivity index (χ2v) is 5.64. The monoisotopic (exact) mass is 300 g/mol. The number of likely N-dealkylation sites (tertiary alicyclic amines) is 1. The van der Waals surface area contributed by atoms with Crippen molar-refractivity contribution in [2.75, 3.05) is 25.0 Å². The quantitative estimate of drug-likeness (QED) is 0.892. The van der Waals surface area contributed by atoms with Crippen LogP contribution in [0.5, 0.6) is 0 Å². The van der Waals surface area contributed by atoms with Crippen LogP contribution in [0.15, 0.2) is 37.2 Å². The van der Waals surface area contributed by atoms with Gasteiger partial charge in [-0.2, -0.15) is 5.10 Å². The molecule has 1 N–H and O–H groups in total. The van der Waals surface area contributed by atoms with Crippen LogP contribution in [0.4, 0.5) is 5.69 Å². The predicted molar refractivity (Wildman–Crippen MR) is 82.1 cm³/mol. The molecule has 1 unspecified atom stereocenters. The van der Waals surface area contributed by atoms with Crippen molar-refractivity contribution in [2.24, 2.45) is 5.92 Å². The van der Waals surface area contributed by atoms with Crippen LogP contribution in [0, 0.1) is 5.92 Å². The molecule has 0 spiro atoms. The molecule has 1 aliphatic rings. The summed E-state index contributed by atoms with van der Waals surface area (Å²) in [6, 6.07) is 3.59. The van der Waals surface area contributed by atoms with Gasteiger partial charge < -0.3 is 5.32 Å². The molecule has 0 aliphatic carbocycles. The number of nitrogens with zero attached hydrogens (tertiary/aromatic N) is 5. The van der Waals surface area contributed by atoms with Gasteiger partial charge in [-0.3, -0.25) is 19.4 Å². The second kappa shape index (κ2) is 7.13. The van der Waals surface area contributed by atoms with Gasteiger partial charge in [0.25, 0.3) is 0 Å². The molecule has 1 atom stereocenters. The van der Waals surface area contributed by atoms with E-state index in [-0.39, 0.29) is 5.91 Å². The molecule has 1 aliphatic heterocycles. The summed E-state index contributed by atoms with van der Waals surface area (Å²) in [5.41, 5.74) is 0.788. The van der Waals surface area contributed by atoms with E-state index in [0.717, 1.165) is 31.7 Å². The van der Waals surface area contributed by atoms with Crippen LogP contribution in [0.25, 0.3) is 0 Å². The van der Waals surface area contributed by atoms with Crippen molar-refractivity contribution in [1.29, 1.82) is 0 Å². The van der Waals surface area contributed by atoms with E-state index in [1.54, 1.807) is 37.2 Å². The summed E-state index contributed by atoms with van der Waals surface area (Å²) in [6.45, 7) is 3.18. The third kappa shape index (κ3) is 4.11. The molecule has 116 valence electrons. The highest BCUT2D eigenvalue weighted by Crippen LogP contribution is 2.17. The second-order valence-electron chi connectivity index (χ2n) is 5.64. The molecule has 3 rings (SSSR count). The number of rotatable bonds is 5. The maximum Gasteiger partial charge on any atom is 0.238 e. The maximum absolute atomic E-state index is 12.1. The van der Waals surface area contributed by atoms with Gasteiger partial charge in [0.2, 0.25) is 5.91 Å². The molecule has 2 aromatic rings. The van der Waals surface area contributed by atoms with Crippen LogP contribution < -0.4 is 5.32 Å². The smallest absolute Gasteiger partial charge is 0.238 e. The number of carbonyl (C=O) groups is 1. The summed E-state index contributed by atoms with van der Waals surface area (Å²) in [5.74, 6) is 0.539. The highest BCUT2D eigenvalue weighted by molar-refractivity contribution is 5.92. The summed E-state index contributed by atoms with van der Waals surface area (Å²) in [7, 11) is 0. The molecule has 0 saturated carbocycles. The molecule has 22 heavy (non-hydrogen) atoms. The van der Waals surface area contributed by atoms with E-state index in [9.17, 15) is 4.79 Å². The Morgan fingerprint density at radius 2 is 2.18 bits per heavy atom. The summed E-state index contributed by atoms with van der Waals surface area (Å²) >= 11 is 0. The molecule has 1 fully saturated rings. The normalized spacial score (nSPS) is 19.0. The van der Waals surface area contributed by atoms with Crippen LogP contribution in [-0.4, -0.2) is 50.2 Å². The van der Waals surface area contributed by atoms with E-state index in [1.807, 2.05) is 4.68 Å². The van der Waals surface area contributed by atoms with Crippen LogP contribution in [0.3, 0.4) is 0 Å². The standard InChI is InChI=1S/C15H20N6O/c22-15(19-14-3-5-16-6-4-14)10-20-7-1-2-13(8-20)9-21-12-17-11-18-21/h3-6,11-13H,1-2,7-10H2,(H,16,19,22). The van der Waals surface area contributed by atoms with Gasteiger partial charge in [0.15, 0.2) is 0 Å². The minimum Gasteiger partial charge on any atom is -0.325 e. The van der Waals surface area contributed by atoms with Crippen molar-refractivity contribution < 1.29 is 4.79 Å². The van der Waals surface area contributed by atoms with Gasteiger partial charge in [-0.15, -0.1) is 0 Å². The van der Waals surface area contributed by atoms with E-state index >= 15 is 0 Å². The van der Waals surface area contributed by atoms with Gasteiger partial charge >= 0.3 is 0 Å². The fourth-order valence-electron chi connectivity index (χ4n) is 2.87. The Morgan fingerprint density at radius 3 is 2.95 bits per heavy atom. The number of aromatic nitrogens is 4. The van der Waals surface area contributed by atoms with E-state index in [1.165, 1.54) is 6.42 Å². The van der Waals surface area contributed by atoms with Gasteiger partial charge in [-0.25, -0.2) is 4.98 Å². The molecule has 7 heteroatoms. The Morgan fingerprint density at radius 1 is 1.32 bits per heavy atom. The average Bonchev–Trinajstić information content (AvgIpc) is 3.01. The van der Waals surface area contributed by atoms with E-state index < -0.39 is 0 Å². The molecule has 0 bridgehead atoms. The number of pyridine rings is 1. The maximum atomic E-state index is 12.1. The molecule has 0 aromatic carbocycles. The lowest BCUT2D eigenvalue weighted by molar-refractivity contribution is -0.117. The Balaban J connectivity index is 1.48. The lowest BCUT2D eigenvalue weighted by atomic mass is 9.98. The predicted octanol–water partition coefficient (Wildman–Crippen LogP) is 1.02. The van der Waals surface area contributed by atoms with E-state index in [4.69, 9.17) is 0 Å². The molecular weight excluding hydrogens is 280 g/mol. The van der Waals surface area contributed by atoms with Crippen LogP contribution >= 0.6 is 0 Å². The number of piperidine rings is 1. The third-order valence-corrected chi connectivity index (χ3v) is 3.85. The summed E-state index contributed by atoms with van der Waals surface area (Å²) in [6.07, 6.45) is 8.93. The lowest BCUT2D eigenvalue weighted by Gasteiger charge is -2.32. The number of anilines is 1. The number of hydrogen-bond acceptors (Lipinski definition) is 5. The first-order valence-electron chi connectivity index (χ1n) is 7.54. The fourth-order valence-corrected chi connectivity index (χ4v) is 2.87. The van der Waals surface area contributed by atoms with Gasteiger partial charge in [-0.1, -0.05) is 0 Å². The van der Waals surface area contributed by atoms with Crippen molar-refractivity contribution >= 4 is 11.6 Å². The van der Waals surface area contributed by atoms with Crippen molar-refractivity contribution in [3.05, 3.63) is 37.2 Å². The van der Waals surface area contributed by atoms with Crippen molar-refractivity contribution in [3.63, 3.8) is 0 Å². The third-order valence-electron chi connectivity index (χ3n) is 3.85. The zero-order valence-corrected chi connectivity index (χ0v) is 12.4. The van der Waals surface area contributed by atoms with Crippen molar-refractivity contribution in [2.45, 2.75) is 19.4 Å².